The van der Waals surface area contributed by atoms with Gasteiger partial charge in [-0.2, -0.15) is 0 Å². The van der Waals surface area contributed by atoms with Crippen LogP contribution in [-0.4, -0.2) is 40.6 Å². The van der Waals surface area contributed by atoms with E-state index < -0.39 is 0 Å². The number of hydrogen-bond donors (Lipinski definition) is 2. The molecule has 5 heteroatoms. The summed E-state index contributed by atoms with van der Waals surface area (Å²) in [5, 5.41) is 12.2. The normalized spacial score (nSPS) is 10.8. The van der Waals surface area contributed by atoms with E-state index in [1.54, 1.807) is 12.4 Å². The second-order valence-corrected chi connectivity index (χ2v) is 5.66. The molecule has 1 amide bonds. The van der Waals surface area contributed by atoms with Crippen LogP contribution in [0.1, 0.15) is 16.7 Å². The molecule has 0 unspecified atom stereocenters. The average Bonchev–Trinajstić information content (AvgIpc) is 2.52. The molecule has 0 aliphatic rings. The lowest BCUT2D eigenvalue weighted by Gasteiger charge is -2.21. The van der Waals surface area contributed by atoms with Gasteiger partial charge in [-0.3, -0.25) is 14.7 Å². The van der Waals surface area contributed by atoms with Crippen molar-refractivity contribution in [1.82, 2.24) is 9.88 Å². The number of nitrogens with one attached hydrogen (secondary N) is 1. The second-order valence-electron chi connectivity index (χ2n) is 5.66. The predicted molar refractivity (Wildman–Crippen MR) is 91.1 cm³/mol. The Morgan fingerprint density at radius 3 is 2.83 bits per heavy atom. The van der Waals surface area contributed by atoms with Gasteiger partial charge in [-0.05, 0) is 42.7 Å². The van der Waals surface area contributed by atoms with Gasteiger partial charge < -0.3 is 10.4 Å². The van der Waals surface area contributed by atoms with Crippen LogP contribution in [0.25, 0.3) is 0 Å². The highest BCUT2D eigenvalue weighted by Gasteiger charge is 2.12. The molecular formula is C18H23N3O2. The minimum Gasteiger partial charge on any atom is -0.395 e. The molecule has 0 aliphatic heterocycles. The topological polar surface area (TPSA) is 65.5 Å². The van der Waals surface area contributed by atoms with Gasteiger partial charge in [0.1, 0.15) is 0 Å². The third-order valence-electron chi connectivity index (χ3n) is 3.58. The number of amides is 1. The SMILES string of the molecule is Cc1ccc(C)c(NC(=O)CN(CCO)Cc2cccnc2)c1. The number of hydrogen-bond acceptors (Lipinski definition) is 4. The van der Waals surface area contributed by atoms with Gasteiger partial charge in [-0.15, -0.1) is 0 Å². The summed E-state index contributed by atoms with van der Waals surface area (Å²) >= 11 is 0. The van der Waals surface area contributed by atoms with Crippen molar-refractivity contribution in [2.75, 3.05) is 25.0 Å². The maximum Gasteiger partial charge on any atom is 0.238 e. The number of anilines is 1. The summed E-state index contributed by atoms with van der Waals surface area (Å²) in [5.74, 6) is -0.0870. The molecule has 5 nitrogen and oxygen atoms in total. The monoisotopic (exact) mass is 313 g/mol. The summed E-state index contributed by atoms with van der Waals surface area (Å²) in [6.07, 6.45) is 3.49. The summed E-state index contributed by atoms with van der Waals surface area (Å²) < 4.78 is 0. The van der Waals surface area contributed by atoms with Gasteiger partial charge in [0.25, 0.3) is 0 Å². The fourth-order valence-corrected chi connectivity index (χ4v) is 2.37. The van der Waals surface area contributed by atoms with Crippen LogP contribution in [0.2, 0.25) is 0 Å². The fraction of sp³-hybridized carbons (Fsp3) is 0.333. The number of benzene rings is 1. The van der Waals surface area contributed by atoms with Gasteiger partial charge in [0.2, 0.25) is 5.91 Å². The molecule has 2 N–H and O–H groups in total. The highest BCUT2D eigenvalue weighted by Crippen LogP contribution is 2.16. The van der Waals surface area contributed by atoms with Crippen LogP contribution in [0.4, 0.5) is 5.69 Å². The van der Waals surface area contributed by atoms with Crippen molar-refractivity contribution < 1.29 is 9.90 Å². The number of aliphatic hydroxyl groups is 1. The molecule has 0 radical (unpaired) electrons. The Morgan fingerprint density at radius 1 is 1.30 bits per heavy atom. The highest BCUT2D eigenvalue weighted by molar-refractivity contribution is 5.93. The van der Waals surface area contributed by atoms with Crippen LogP contribution < -0.4 is 5.32 Å². The van der Waals surface area contributed by atoms with E-state index in [1.165, 1.54) is 0 Å². The van der Waals surface area contributed by atoms with Gasteiger partial charge in [-0.1, -0.05) is 18.2 Å². The van der Waals surface area contributed by atoms with Gasteiger partial charge in [-0.25, -0.2) is 0 Å². The molecule has 0 saturated carbocycles. The summed E-state index contributed by atoms with van der Waals surface area (Å²) in [5.41, 5.74) is 3.99. The molecule has 1 aromatic heterocycles. The minimum atomic E-state index is -0.0870. The Morgan fingerprint density at radius 2 is 2.13 bits per heavy atom. The number of carbonyl (C=O) groups excluding carboxylic acids is 1. The van der Waals surface area contributed by atoms with Gasteiger partial charge in [0.15, 0.2) is 0 Å². The summed E-state index contributed by atoms with van der Waals surface area (Å²) in [7, 11) is 0. The molecule has 23 heavy (non-hydrogen) atoms. The molecule has 0 saturated heterocycles. The Kier molecular flexibility index (Phi) is 6.26. The number of carbonyl (C=O) groups is 1. The first-order valence-electron chi connectivity index (χ1n) is 7.67. The van der Waals surface area contributed by atoms with Crippen LogP contribution in [-0.2, 0) is 11.3 Å². The highest BCUT2D eigenvalue weighted by atomic mass is 16.3. The van der Waals surface area contributed by atoms with Crippen molar-refractivity contribution in [3.63, 3.8) is 0 Å². The molecule has 1 aromatic carbocycles. The molecule has 122 valence electrons. The zero-order chi connectivity index (χ0) is 16.7. The Bertz CT molecular complexity index is 644. The van der Waals surface area contributed by atoms with E-state index in [-0.39, 0.29) is 19.1 Å². The van der Waals surface area contributed by atoms with Crippen molar-refractivity contribution in [2.45, 2.75) is 20.4 Å². The molecule has 0 bridgehead atoms. The minimum absolute atomic E-state index is 0.0109. The lowest BCUT2D eigenvalue weighted by molar-refractivity contribution is -0.117. The standard InChI is InChI=1S/C18H23N3O2/c1-14-5-6-15(2)17(10-14)20-18(23)13-21(8-9-22)12-16-4-3-7-19-11-16/h3-7,10-11,22H,8-9,12-13H2,1-2H3,(H,20,23). The zero-order valence-corrected chi connectivity index (χ0v) is 13.6. The first-order chi connectivity index (χ1) is 11.1. The summed E-state index contributed by atoms with van der Waals surface area (Å²) in [4.78, 5) is 18.3. The molecule has 0 aliphatic carbocycles. The lowest BCUT2D eigenvalue weighted by atomic mass is 10.1. The lowest BCUT2D eigenvalue weighted by Crippen LogP contribution is -2.35. The van der Waals surface area contributed by atoms with E-state index in [0.717, 1.165) is 22.4 Å². The maximum atomic E-state index is 12.3. The average molecular weight is 313 g/mol. The van der Waals surface area contributed by atoms with Gasteiger partial charge in [0, 0.05) is 31.2 Å². The first-order valence-corrected chi connectivity index (χ1v) is 7.67. The van der Waals surface area contributed by atoms with Crippen LogP contribution in [0.3, 0.4) is 0 Å². The first kappa shape index (κ1) is 17.1. The van der Waals surface area contributed by atoms with Gasteiger partial charge in [0.05, 0.1) is 13.2 Å². The summed E-state index contributed by atoms with van der Waals surface area (Å²) in [6, 6.07) is 9.80. The molecule has 0 fully saturated rings. The zero-order valence-electron chi connectivity index (χ0n) is 13.6. The van der Waals surface area contributed by atoms with E-state index in [0.29, 0.717) is 13.1 Å². The smallest absolute Gasteiger partial charge is 0.238 e. The third-order valence-corrected chi connectivity index (χ3v) is 3.58. The van der Waals surface area contributed by atoms with Crippen molar-refractivity contribution in [1.29, 1.82) is 0 Å². The van der Waals surface area contributed by atoms with Crippen molar-refractivity contribution >= 4 is 11.6 Å². The quantitative estimate of drug-likeness (QED) is 0.822. The van der Waals surface area contributed by atoms with Crippen LogP contribution in [0, 0.1) is 13.8 Å². The number of nitrogens with zero attached hydrogens (tertiary/aromatic N) is 2. The van der Waals surface area contributed by atoms with E-state index in [1.807, 2.05) is 49.1 Å². The Labute approximate surface area is 137 Å². The van der Waals surface area contributed by atoms with Crippen LogP contribution in [0.5, 0.6) is 0 Å². The van der Waals surface area contributed by atoms with E-state index in [4.69, 9.17) is 0 Å². The maximum absolute atomic E-state index is 12.3. The molecule has 0 atom stereocenters. The van der Waals surface area contributed by atoms with Crippen LogP contribution in [0.15, 0.2) is 42.7 Å². The number of aryl methyl sites for hydroxylation is 2. The summed E-state index contributed by atoms with van der Waals surface area (Å²) in [6.45, 7) is 5.22. The number of aliphatic hydroxyl groups excluding tert-OH is 1. The predicted octanol–water partition coefficient (Wildman–Crippen LogP) is 2.13. The molecule has 2 aromatic rings. The van der Waals surface area contributed by atoms with Crippen LogP contribution >= 0.6 is 0 Å². The largest absolute Gasteiger partial charge is 0.395 e. The van der Waals surface area contributed by atoms with Gasteiger partial charge >= 0.3 is 0 Å². The van der Waals surface area contributed by atoms with E-state index in [9.17, 15) is 9.90 Å². The molecule has 0 spiro atoms. The Balaban J connectivity index is 1.98. The second kappa shape index (κ2) is 8.41. The van der Waals surface area contributed by atoms with Crippen molar-refractivity contribution in [2.24, 2.45) is 0 Å². The third kappa shape index (κ3) is 5.47. The molecule has 1 heterocycles. The number of aromatic nitrogens is 1. The molecule has 2 rings (SSSR count). The van der Waals surface area contributed by atoms with E-state index >= 15 is 0 Å². The van der Waals surface area contributed by atoms with Crippen molar-refractivity contribution in [3.05, 3.63) is 59.4 Å². The molecular weight excluding hydrogens is 290 g/mol. The van der Waals surface area contributed by atoms with E-state index in [2.05, 4.69) is 10.3 Å². The fourth-order valence-electron chi connectivity index (χ4n) is 2.37. The Hall–Kier alpha value is -2.24. The number of pyridine rings is 1. The van der Waals surface area contributed by atoms with Crippen molar-refractivity contribution in [3.8, 4) is 0 Å². The number of rotatable bonds is 7.